The first-order chi connectivity index (χ1) is 16.6. The highest BCUT2D eigenvalue weighted by atomic mass is 16.7. The Morgan fingerprint density at radius 2 is 2.00 bits per heavy atom. The van der Waals surface area contributed by atoms with E-state index in [1.807, 2.05) is 13.8 Å². The quantitative estimate of drug-likeness (QED) is 0.378. The Balaban J connectivity index is 1.63. The van der Waals surface area contributed by atoms with Crippen molar-refractivity contribution in [3.63, 3.8) is 0 Å². The van der Waals surface area contributed by atoms with Crippen LogP contribution in [0.25, 0.3) is 0 Å². The number of fused-ring (bicyclic) bond motifs is 1. The number of ketones is 1. The third kappa shape index (κ3) is 4.27. The van der Waals surface area contributed by atoms with Crippen molar-refractivity contribution in [2.24, 2.45) is 5.41 Å². The molecule has 1 aliphatic carbocycles. The molecule has 5 rings (SSSR count). The molecule has 35 heavy (non-hydrogen) atoms. The number of nitrogens with zero attached hydrogens (tertiary/aromatic N) is 1. The van der Waals surface area contributed by atoms with Crippen LogP contribution in [0, 0.1) is 15.5 Å². The van der Waals surface area contributed by atoms with Gasteiger partial charge in [-0.05, 0) is 37.7 Å². The minimum atomic E-state index is -0.971. The van der Waals surface area contributed by atoms with Crippen molar-refractivity contribution >= 4 is 17.4 Å². The molecule has 2 atom stereocenters. The monoisotopic (exact) mass is 484 g/mol. The van der Waals surface area contributed by atoms with E-state index < -0.39 is 16.8 Å². The lowest BCUT2D eigenvalue weighted by molar-refractivity contribution is -0.385. The molecular formula is C25H28N2O8. The van der Waals surface area contributed by atoms with Crippen molar-refractivity contribution in [1.29, 1.82) is 0 Å². The maximum atomic E-state index is 13.5. The Hall–Kier alpha value is -3.40. The summed E-state index contributed by atoms with van der Waals surface area (Å²) < 4.78 is 22.0. The zero-order valence-electron chi connectivity index (χ0n) is 20.0. The van der Waals surface area contributed by atoms with Crippen molar-refractivity contribution in [1.82, 2.24) is 5.32 Å². The maximum absolute atomic E-state index is 13.5. The zero-order valence-corrected chi connectivity index (χ0v) is 20.0. The minimum absolute atomic E-state index is 0.0611. The molecule has 10 heteroatoms. The summed E-state index contributed by atoms with van der Waals surface area (Å²) in [5.41, 5.74) is 1.39. The number of allylic oxidation sites excluding steroid dienone is 3. The smallest absolute Gasteiger partial charge is 0.336 e. The number of nitro benzene ring substituents is 1. The van der Waals surface area contributed by atoms with Crippen LogP contribution in [0.3, 0.4) is 0 Å². The van der Waals surface area contributed by atoms with E-state index in [-0.39, 0.29) is 59.7 Å². The third-order valence-corrected chi connectivity index (χ3v) is 6.91. The van der Waals surface area contributed by atoms with Gasteiger partial charge in [0.25, 0.3) is 5.69 Å². The molecule has 10 nitrogen and oxygen atoms in total. The second kappa shape index (κ2) is 8.67. The summed E-state index contributed by atoms with van der Waals surface area (Å²) in [7, 11) is 0. The normalized spacial score (nSPS) is 24.8. The molecule has 0 saturated carbocycles. The molecule has 1 N–H and O–H groups in total. The van der Waals surface area contributed by atoms with Crippen LogP contribution in [0.1, 0.15) is 57.9 Å². The standard InChI is InChI=1S/C25H28N2O8/c1-13-21(24(29)33-11-14-5-4-6-32-14)22(23-16(26-13)9-25(2,3)10-18(23)28)15-7-19-20(35-12-34-19)8-17(15)27(30)31/h7-8,14,22,26H,4-6,9-12H2,1-3H3/t14-,22-/m1/s1. The second-order valence-electron chi connectivity index (χ2n) is 10.2. The number of carbonyl (C=O) groups is 2. The highest BCUT2D eigenvalue weighted by Crippen LogP contribution is 2.51. The van der Waals surface area contributed by atoms with Gasteiger partial charge < -0.3 is 24.3 Å². The summed E-state index contributed by atoms with van der Waals surface area (Å²) in [4.78, 5) is 38.5. The maximum Gasteiger partial charge on any atom is 0.336 e. The Morgan fingerprint density at radius 1 is 1.26 bits per heavy atom. The van der Waals surface area contributed by atoms with Crippen LogP contribution in [0.15, 0.2) is 34.7 Å². The van der Waals surface area contributed by atoms with Crippen LogP contribution < -0.4 is 14.8 Å². The predicted octanol–water partition coefficient (Wildman–Crippen LogP) is 3.65. The van der Waals surface area contributed by atoms with Crippen LogP contribution >= 0.6 is 0 Å². The van der Waals surface area contributed by atoms with Crippen LogP contribution in [0.4, 0.5) is 5.69 Å². The van der Waals surface area contributed by atoms with Gasteiger partial charge in [0, 0.05) is 35.6 Å². The number of hydrogen-bond donors (Lipinski definition) is 1. The molecule has 1 aromatic carbocycles. The summed E-state index contributed by atoms with van der Waals surface area (Å²) in [6.45, 7) is 6.37. The molecule has 3 heterocycles. The first-order valence-electron chi connectivity index (χ1n) is 11.8. The number of benzene rings is 1. The van der Waals surface area contributed by atoms with E-state index in [1.165, 1.54) is 12.1 Å². The van der Waals surface area contributed by atoms with Gasteiger partial charge in [0.05, 0.1) is 28.6 Å². The van der Waals surface area contributed by atoms with E-state index in [4.69, 9.17) is 18.9 Å². The second-order valence-corrected chi connectivity index (χ2v) is 10.2. The van der Waals surface area contributed by atoms with E-state index in [0.717, 1.165) is 12.8 Å². The molecule has 0 amide bonds. The first kappa shape index (κ1) is 23.3. The van der Waals surface area contributed by atoms with E-state index in [0.29, 0.717) is 35.7 Å². The fraction of sp³-hybridized carbons (Fsp3) is 0.520. The molecule has 4 aliphatic rings. The molecule has 0 unspecified atom stereocenters. The molecular weight excluding hydrogens is 456 g/mol. The average molecular weight is 485 g/mol. The number of esters is 1. The van der Waals surface area contributed by atoms with Crippen molar-refractivity contribution in [2.75, 3.05) is 20.0 Å². The van der Waals surface area contributed by atoms with E-state index in [1.54, 1.807) is 6.92 Å². The van der Waals surface area contributed by atoms with Gasteiger partial charge in [0.15, 0.2) is 17.3 Å². The zero-order chi connectivity index (χ0) is 24.9. The first-order valence-corrected chi connectivity index (χ1v) is 11.8. The molecule has 0 spiro atoms. The van der Waals surface area contributed by atoms with Crippen LogP contribution in [0.5, 0.6) is 11.5 Å². The number of rotatable bonds is 5. The molecule has 0 aromatic heterocycles. The highest BCUT2D eigenvalue weighted by Gasteiger charge is 2.46. The topological polar surface area (TPSA) is 126 Å². The summed E-state index contributed by atoms with van der Waals surface area (Å²) in [5.74, 6) is -1.17. The lowest BCUT2D eigenvalue weighted by Gasteiger charge is -2.39. The lowest BCUT2D eigenvalue weighted by Crippen LogP contribution is -2.39. The van der Waals surface area contributed by atoms with Gasteiger partial charge in [0.1, 0.15) is 6.61 Å². The summed E-state index contributed by atoms with van der Waals surface area (Å²) >= 11 is 0. The lowest BCUT2D eigenvalue weighted by atomic mass is 9.68. The summed E-state index contributed by atoms with van der Waals surface area (Å²) in [6.07, 6.45) is 2.35. The Morgan fingerprint density at radius 3 is 2.69 bits per heavy atom. The number of carbonyl (C=O) groups excluding carboxylic acids is 2. The van der Waals surface area contributed by atoms with E-state index in [2.05, 4.69) is 5.32 Å². The number of Topliss-reactive ketones (excluding diaryl/α,β-unsaturated/α-hetero) is 1. The highest BCUT2D eigenvalue weighted by molar-refractivity contribution is 6.04. The average Bonchev–Trinajstić information content (AvgIpc) is 3.46. The number of hydrogen-bond acceptors (Lipinski definition) is 9. The fourth-order valence-corrected chi connectivity index (χ4v) is 5.38. The van der Waals surface area contributed by atoms with Crippen LogP contribution in [-0.4, -0.2) is 42.8 Å². The fourth-order valence-electron chi connectivity index (χ4n) is 5.38. The third-order valence-electron chi connectivity index (χ3n) is 6.91. The van der Waals surface area contributed by atoms with E-state index in [9.17, 15) is 19.7 Å². The molecule has 3 aliphatic heterocycles. The number of nitrogens with one attached hydrogen (secondary N) is 1. The van der Waals surface area contributed by atoms with E-state index >= 15 is 0 Å². The molecule has 1 saturated heterocycles. The van der Waals surface area contributed by atoms with Gasteiger partial charge in [-0.15, -0.1) is 0 Å². The Kier molecular flexibility index (Phi) is 5.79. The van der Waals surface area contributed by atoms with Gasteiger partial charge in [-0.3, -0.25) is 14.9 Å². The van der Waals surface area contributed by atoms with Gasteiger partial charge in [-0.25, -0.2) is 4.79 Å². The molecule has 1 aromatic rings. The van der Waals surface area contributed by atoms with Gasteiger partial charge in [-0.2, -0.15) is 0 Å². The van der Waals surface area contributed by atoms with Gasteiger partial charge in [0.2, 0.25) is 6.79 Å². The molecule has 0 radical (unpaired) electrons. The van der Waals surface area contributed by atoms with Crippen molar-refractivity contribution in [3.8, 4) is 11.5 Å². The number of dihydropyridines is 1. The van der Waals surface area contributed by atoms with Gasteiger partial charge in [-0.1, -0.05) is 13.8 Å². The van der Waals surface area contributed by atoms with Crippen LogP contribution in [0.2, 0.25) is 0 Å². The molecule has 0 bridgehead atoms. The SMILES string of the molecule is CC1=C(C(=O)OC[C@H]2CCCO2)[C@@H](c2cc3c(cc2[N+](=O)[O-])OCO3)C2=C(CC(C)(C)CC2=O)N1. The summed E-state index contributed by atoms with van der Waals surface area (Å²) in [6, 6.07) is 2.80. The molecule has 1 fully saturated rings. The predicted molar refractivity (Wildman–Crippen MR) is 123 cm³/mol. The number of nitro groups is 1. The van der Waals surface area contributed by atoms with Crippen LogP contribution in [-0.2, 0) is 19.1 Å². The Labute approximate surface area is 202 Å². The largest absolute Gasteiger partial charge is 0.459 e. The van der Waals surface area contributed by atoms with Crippen molar-refractivity contribution in [2.45, 2.75) is 58.5 Å². The van der Waals surface area contributed by atoms with Crippen molar-refractivity contribution < 1.29 is 33.5 Å². The van der Waals surface area contributed by atoms with Gasteiger partial charge >= 0.3 is 5.97 Å². The van der Waals surface area contributed by atoms with Crippen molar-refractivity contribution in [3.05, 3.63) is 50.4 Å². The minimum Gasteiger partial charge on any atom is -0.459 e. The Bertz CT molecular complexity index is 1180. The molecule has 186 valence electrons. The number of ether oxygens (including phenoxy) is 4. The summed E-state index contributed by atoms with van der Waals surface area (Å²) in [5, 5.41) is 15.4.